The molecule has 0 unspecified atom stereocenters. The molecule has 124 valence electrons. The first kappa shape index (κ1) is 15.2. The molecule has 4 rings (SSSR count). The number of benzene rings is 2. The minimum atomic E-state index is 0.550. The highest BCUT2D eigenvalue weighted by Gasteiger charge is 2.12. The minimum Gasteiger partial charge on any atom is -0.497 e. The Balaban J connectivity index is 1.86. The molecule has 0 spiro atoms. The Bertz CT molecular complexity index is 1000. The molecule has 2 aromatic heterocycles. The van der Waals surface area contributed by atoms with Gasteiger partial charge in [-0.25, -0.2) is 0 Å². The topological polar surface area (TPSA) is 63.9 Å². The van der Waals surface area contributed by atoms with Crippen LogP contribution in [0.2, 0.25) is 0 Å². The summed E-state index contributed by atoms with van der Waals surface area (Å²) in [6.07, 6.45) is 1.92. The molecule has 0 aliphatic carbocycles. The zero-order chi connectivity index (χ0) is 17.2. The molecule has 0 fully saturated rings. The van der Waals surface area contributed by atoms with Gasteiger partial charge in [-0.15, -0.1) is 0 Å². The molecular formula is C20H17N3O2. The van der Waals surface area contributed by atoms with Crippen LogP contribution in [0.3, 0.4) is 0 Å². The van der Waals surface area contributed by atoms with Crippen molar-refractivity contribution in [2.75, 3.05) is 7.11 Å². The lowest BCUT2D eigenvalue weighted by molar-refractivity contribution is 0.394. The van der Waals surface area contributed by atoms with E-state index in [4.69, 9.17) is 9.26 Å². The maximum absolute atomic E-state index is 5.42. The highest BCUT2D eigenvalue weighted by atomic mass is 16.5. The second kappa shape index (κ2) is 6.28. The van der Waals surface area contributed by atoms with Gasteiger partial charge >= 0.3 is 0 Å². The number of hydrogen-bond donors (Lipinski definition) is 1. The number of rotatable bonds is 4. The normalized spacial score (nSPS) is 10.8. The average molecular weight is 331 g/mol. The molecule has 0 amide bonds. The molecule has 25 heavy (non-hydrogen) atoms. The smallest absolute Gasteiger partial charge is 0.223 e. The lowest BCUT2D eigenvalue weighted by atomic mass is 9.96. The van der Waals surface area contributed by atoms with Crippen molar-refractivity contribution in [3.63, 3.8) is 0 Å². The van der Waals surface area contributed by atoms with Crippen LogP contribution in [0.1, 0.15) is 5.89 Å². The van der Waals surface area contributed by atoms with Crippen molar-refractivity contribution in [1.82, 2.24) is 15.1 Å². The van der Waals surface area contributed by atoms with Crippen LogP contribution in [0.4, 0.5) is 0 Å². The predicted molar refractivity (Wildman–Crippen MR) is 96.2 cm³/mol. The molecule has 5 heteroatoms. The number of aryl methyl sites for hydroxylation is 1. The van der Waals surface area contributed by atoms with Gasteiger partial charge in [0.2, 0.25) is 11.7 Å². The Morgan fingerprint density at radius 1 is 0.960 bits per heavy atom. The molecule has 2 aromatic carbocycles. The molecule has 0 atom stereocenters. The van der Waals surface area contributed by atoms with Crippen LogP contribution in [-0.4, -0.2) is 22.2 Å². The summed E-state index contributed by atoms with van der Waals surface area (Å²) in [5.74, 6) is 1.95. The van der Waals surface area contributed by atoms with Gasteiger partial charge in [0, 0.05) is 29.9 Å². The number of methoxy groups -OCH3 is 1. The molecular weight excluding hydrogens is 314 g/mol. The first-order valence-corrected chi connectivity index (χ1v) is 7.97. The number of H-pyrrole nitrogens is 1. The maximum Gasteiger partial charge on any atom is 0.223 e. The molecule has 0 saturated heterocycles. The zero-order valence-corrected chi connectivity index (χ0v) is 14.0. The Labute approximate surface area is 145 Å². The van der Waals surface area contributed by atoms with Crippen LogP contribution in [0.15, 0.2) is 65.3 Å². The summed E-state index contributed by atoms with van der Waals surface area (Å²) in [4.78, 5) is 7.58. The van der Waals surface area contributed by atoms with E-state index in [0.29, 0.717) is 11.7 Å². The summed E-state index contributed by atoms with van der Waals surface area (Å²) < 4.78 is 10.5. The van der Waals surface area contributed by atoms with Gasteiger partial charge in [-0.1, -0.05) is 23.4 Å². The first-order chi connectivity index (χ1) is 12.2. The summed E-state index contributed by atoms with van der Waals surface area (Å²) in [5.41, 5.74) is 5.20. The van der Waals surface area contributed by atoms with Crippen molar-refractivity contribution in [3.8, 4) is 39.5 Å². The number of aromatic amines is 1. The van der Waals surface area contributed by atoms with E-state index in [2.05, 4.69) is 39.4 Å². The van der Waals surface area contributed by atoms with Gasteiger partial charge < -0.3 is 14.2 Å². The van der Waals surface area contributed by atoms with Crippen molar-refractivity contribution in [3.05, 3.63) is 66.7 Å². The van der Waals surface area contributed by atoms with E-state index >= 15 is 0 Å². The summed E-state index contributed by atoms with van der Waals surface area (Å²) in [7, 11) is 1.67. The number of aromatic nitrogens is 3. The third-order valence-corrected chi connectivity index (χ3v) is 4.07. The summed E-state index contributed by atoms with van der Waals surface area (Å²) in [6.45, 7) is 1.78. The van der Waals surface area contributed by atoms with Crippen molar-refractivity contribution in [2.24, 2.45) is 0 Å². The predicted octanol–water partition coefficient (Wildman–Crippen LogP) is 4.72. The summed E-state index contributed by atoms with van der Waals surface area (Å²) >= 11 is 0. The number of nitrogens with zero attached hydrogens (tertiary/aromatic N) is 2. The zero-order valence-electron chi connectivity index (χ0n) is 14.0. The van der Waals surface area contributed by atoms with Crippen LogP contribution < -0.4 is 4.74 Å². The minimum absolute atomic E-state index is 0.550. The van der Waals surface area contributed by atoms with Crippen molar-refractivity contribution in [1.29, 1.82) is 0 Å². The molecule has 0 radical (unpaired) electrons. The molecule has 0 aliphatic rings. The Kier molecular flexibility index (Phi) is 3.82. The van der Waals surface area contributed by atoms with Gasteiger partial charge in [0.05, 0.1) is 7.11 Å². The van der Waals surface area contributed by atoms with E-state index in [0.717, 1.165) is 33.7 Å². The van der Waals surface area contributed by atoms with Crippen LogP contribution in [0.25, 0.3) is 33.8 Å². The van der Waals surface area contributed by atoms with E-state index in [-0.39, 0.29) is 0 Å². The van der Waals surface area contributed by atoms with Gasteiger partial charge in [0.1, 0.15) is 5.75 Å². The molecule has 2 heterocycles. The maximum atomic E-state index is 5.42. The van der Waals surface area contributed by atoms with Crippen molar-refractivity contribution >= 4 is 0 Å². The van der Waals surface area contributed by atoms with E-state index in [1.54, 1.807) is 14.0 Å². The second-order valence-corrected chi connectivity index (χ2v) is 5.71. The molecule has 1 N–H and O–H groups in total. The third-order valence-electron chi connectivity index (χ3n) is 4.07. The lowest BCUT2D eigenvalue weighted by Crippen LogP contribution is -1.90. The Morgan fingerprint density at radius 2 is 1.84 bits per heavy atom. The van der Waals surface area contributed by atoms with Crippen LogP contribution in [0.5, 0.6) is 5.75 Å². The highest BCUT2D eigenvalue weighted by Crippen LogP contribution is 2.35. The van der Waals surface area contributed by atoms with Gasteiger partial charge in [-0.3, -0.25) is 0 Å². The molecule has 0 bridgehead atoms. The Morgan fingerprint density at radius 3 is 2.56 bits per heavy atom. The fraction of sp³-hybridized carbons (Fsp3) is 0.100. The number of hydrogen-bond acceptors (Lipinski definition) is 4. The van der Waals surface area contributed by atoms with Crippen LogP contribution in [-0.2, 0) is 0 Å². The Hall–Kier alpha value is -3.34. The highest BCUT2D eigenvalue weighted by molar-refractivity contribution is 5.84. The second-order valence-electron chi connectivity index (χ2n) is 5.71. The van der Waals surface area contributed by atoms with Crippen molar-refractivity contribution < 1.29 is 9.26 Å². The van der Waals surface area contributed by atoms with Gasteiger partial charge in [-0.2, -0.15) is 4.98 Å². The van der Waals surface area contributed by atoms with E-state index in [1.807, 2.05) is 36.5 Å². The quantitative estimate of drug-likeness (QED) is 0.588. The first-order valence-electron chi connectivity index (χ1n) is 7.97. The molecule has 4 aromatic rings. The van der Waals surface area contributed by atoms with Crippen LogP contribution in [0, 0.1) is 6.92 Å². The fourth-order valence-corrected chi connectivity index (χ4v) is 2.86. The van der Waals surface area contributed by atoms with Gasteiger partial charge in [0.25, 0.3) is 0 Å². The number of nitrogens with one attached hydrogen (secondary N) is 1. The summed E-state index contributed by atoms with van der Waals surface area (Å²) in [6, 6.07) is 18.2. The van der Waals surface area contributed by atoms with Crippen molar-refractivity contribution in [2.45, 2.75) is 6.92 Å². The largest absolute Gasteiger partial charge is 0.497 e. The van der Waals surface area contributed by atoms with Gasteiger partial charge in [-0.05, 0) is 47.5 Å². The standard InChI is InChI=1S/C20H17N3O2/c1-13-22-20(23-25-13)15-6-3-5-14(11-15)18-12-16(24-2)8-9-17(18)19-7-4-10-21-19/h3-12,21H,1-2H3. The molecule has 0 saturated carbocycles. The average Bonchev–Trinajstić information content (AvgIpc) is 3.33. The third kappa shape index (κ3) is 2.92. The summed E-state index contributed by atoms with van der Waals surface area (Å²) in [5, 5.41) is 4.01. The molecule has 0 aliphatic heterocycles. The monoisotopic (exact) mass is 331 g/mol. The van der Waals surface area contributed by atoms with E-state index in [1.165, 1.54) is 0 Å². The molecule has 5 nitrogen and oxygen atoms in total. The fourth-order valence-electron chi connectivity index (χ4n) is 2.86. The van der Waals surface area contributed by atoms with E-state index < -0.39 is 0 Å². The SMILES string of the molecule is COc1ccc(-c2ccc[nH]2)c(-c2cccc(-c3noc(C)n3)c2)c1. The van der Waals surface area contributed by atoms with Crippen LogP contribution >= 0.6 is 0 Å². The van der Waals surface area contributed by atoms with Gasteiger partial charge in [0.15, 0.2) is 0 Å². The number of ether oxygens (including phenoxy) is 1. The van der Waals surface area contributed by atoms with E-state index in [9.17, 15) is 0 Å². The lowest BCUT2D eigenvalue weighted by Gasteiger charge is -2.12.